The molecule has 0 saturated heterocycles. The number of hydrogen-bond acceptors (Lipinski definition) is 5. The van der Waals surface area contributed by atoms with Crippen molar-refractivity contribution in [3.63, 3.8) is 0 Å². The summed E-state index contributed by atoms with van der Waals surface area (Å²) in [4.78, 5) is 8.31. The maximum atomic E-state index is 10.2. The zero-order valence-corrected chi connectivity index (χ0v) is 12.0. The van der Waals surface area contributed by atoms with Crippen molar-refractivity contribution < 1.29 is 5.11 Å². The van der Waals surface area contributed by atoms with E-state index in [1.54, 1.807) is 35.5 Å². The maximum Gasteiger partial charge on any atom is 0.253 e. The van der Waals surface area contributed by atoms with Gasteiger partial charge >= 0.3 is 0 Å². The summed E-state index contributed by atoms with van der Waals surface area (Å²) in [6, 6.07) is 11.5. The molecule has 7 nitrogen and oxygen atoms in total. The van der Waals surface area contributed by atoms with Gasteiger partial charge in [0, 0.05) is 30.4 Å². The Morgan fingerprint density at radius 2 is 1.78 bits per heavy atom. The minimum absolute atomic E-state index is 0.113. The van der Waals surface area contributed by atoms with E-state index in [4.69, 9.17) is 0 Å². The Bertz CT molecular complexity index is 930. The van der Waals surface area contributed by atoms with Crippen LogP contribution in [0.1, 0.15) is 0 Å². The second-order valence-corrected chi connectivity index (χ2v) is 4.87. The largest absolute Gasteiger partial charge is 0.493 e. The van der Waals surface area contributed by atoms with Gasteiger partial charge in [-0.05, 0) is 18.2 Å². The molecule has 3 heterocycles. The molecule has 4 rings (SSSR count). The molecule has 112 valence electrons. The third-order valence-corrected chi connectivity index (χ3v) is 3.38. The molecule has 0 atom stereocenters. The van der Waals surface area contributed by atoms with Gasteiger partial charge < -0.3 is 5.11 Å². The van der Waals surface area contributed by atoms with Crippen LogP contribution in [0, 0.1) is 0 Å². The fourth-order valence-electron chi connectivity index (χ4n) is 2.25. The fourth-order valence-corrected chi connectivity index (χ4v) is 2.25. The van der Waals surface area contributed by atoms with Crippen LogP contribution in [0.25, 0.3) is 22.8 Å². The van der Waals surface area contributed by atoms with Crippen LogP contribution in [0.3, 0.4) is 0 Å². The SMILES string of the molecule is Oc1nc(-n2cccn2)ncc1-c1cnn(-c2ccccc2)c1. The number of benzene rings is 1. The summed E-state index contributed by atoms with van der Waals surface area (Å²) in [5.41, 5.74) is 2.19. The highest BCUT2D eigenvalue weighted by Crippen LogP contribution is 2.27. The molecule has 0 aliphatic rings. The molecule has 0 aliphatic heterocycles. The molecule has 0 spiro atoms. The summed E-state index contributed by atoms with van der Waals surface area (Å²) in [6.45, 7) is 0. The van der Waals surface area contributed by atoms with Crippen molar-refractivity contribution in [3.8, 4) is 28.6 Å². The zero-order valence-electron chi connectivity index (χ0n) is 12.0. The Hall–Kier alpha value is -3.48. The van der Waals surface area contributed by atoms with Gasteiger partial charge in [0.1, 0.15) is 0 Å². The summed E-state index contributed by atoms with van der Waals surface area (Å²) in [7, 11) is 0. The van der Waals surface area contributed by atoms with Gasteiger partial charge in [-0.1, -0.05) is 18.2 Å². The average molecular weight is 304 g/mol. The van der Waals surface area contributed by atoms with E-state index in [1.165, 1.54) is 4.68 Å². The standard InChI is InChI=1S/C16H12N6O/c23-15-14(10-17-16(20-15)21-8-4-7-18-21)12-9-19-22(11-12)13-5-2-1-3-6-13/h1-11H,(H,17,20,23). The van der Waals surface area contributed by atoms with Crippen LogP contribution >= 0.6 is 0 Å². The Balaban J connectivity index is 1.70. The number of aromatic nitrogens is 6. The van der Waals surface area contributed by atoms with Crippen LogP contribution in [-0.4, -0.2) is 34.6 Å². The van der Waals surface area contributed by atoms with Gasteiger partial charge in [0.15, 0.2) is 0 Å². The highest BCUT2D eigenvalue weighted by atomic mass is 16.3. The van der Waals surface area contributed by atoms with E-state index in [2.05, 4.69) is 20.2 Å². The first-order valence-electron chi connectivity index (χ1n) is 6.98. The van der Waals surface area contributed by atoms with E-state index in [1.807, 2.05) is 36.5 Å². The van der Waals surface area contributed by atoms with Crippen molar-refractivity contribution >= 4 is 0 Å². The molecule has 1 N–H and O–H groups in total. The average Bonchev–Trinajstić information content (AvgIpc) is 3.27. The molecule has 0 unspecified atom stereocenters. The minimum Gasteiger partial charge on any atom is -0.493 e. The zero-order chi connectivity index (χ0) is 15.6. The lowest BCUT2D eigenvalue weighted by Gasteiger charge is -2.03. The second-order valence-electron chi connectivity index (χ2n) is 4.87. The molecular formula is C16H12N6O. The topological polar surface area (TPSA) is 81.7 Å². The molecule has 0 saturated carbocycles. The van der Waals surface area contributed by atoms with Gasteiger partial charge in [-0.3, -0.25) is 0 Å². The van der Waals surface area contributed by atoms with Crippen molar-refractivity contribution in [1.82, 2.24) is 29.5 Å². The van der Waals surface area contributed by atoms with E-state index < -0.39 is 0 Å². The number of para-hydroxylation sites is 1. The summed E-state index contributed by atoms with van der Waals surface area (Å²) >= 11 is 0. The molecule has 0 fully saturated rings. The Kier molecular flexibility index (Phi) is 3.09. The Morgan fingerprint density at radius 3 is 2.52 bits per heavy atom. The Labute approximate surface area is 131 Å². The van der Waals surface area contributed by atoms with E-state index in [0.717, 1.165) is 11.3 Å². The number of hydrogen-bond donors (Lipinski definition) is 1. The van der Waals surface area contributed by atoms with E-state index in [-0.39, 0.29) is 5.88 Å². The van der Waals surface area contributed by atoms with E-state index in [9.17, 15) is 5.11 Å². The van der Waals surface area contributed by atoms with Crippen LogP contribution in [0.2, 0.25) is 0 Å². The first-order chi connectivity index (χ1) is 11.3. The van der Waals surface area contributed by atoms with Gasteiger partial charge in [0.25, 0.3) is 5.95 Å². The normalized spacial score (nSPS) is 10.8. The minimum atomic E-state index is -0.113. The predicted octanol–water partition coefficient (Wildman–Crippen LogP) is 2.22. The molecular weight excluding hydrogens is 292 g/mol. The molecule has 0 bridgehead atoms. The smallest absolute Gasteiger partial charge is 0.253 e. The van der Waals surface area contributed by atoms with E-state index >= 15 is 0 Å². The summed E-state index contributed by atoms with van der Waals surface area (Å²) in [6.07, 6.45) is 8.38. The van der Waals surface area contributed by atoms with Crippen LogP contribution in [-0.2, 0) is 0 Å². The quantitative estimate of drug-likeness (QED) is 0.627. The maximum absolute atomic E-state index is 10.2. The second kappa shape index (κ2) is 5.38. The van der Waals surface area contributed by atoms with Crippen molar-refractivity contribution in [3.05, 3.63) is 67.4 Å². The van der Waals surface area contributed by atoms with Crippen molar-refractivity contribution in [2.24, 2.45) is 0 Å². The van der Waals surface area contributed by atoms with Gasteiger partial charge in [0.05, 0.1) is 17.4 Å². The Morgan fingerprint density at radius 1 is 0.913 bits per heavy atom. The highest BCUT2D eigenvalue weighted by Gasteiger charge is 2.12. The van der Waals surface area contributed by atoms with Crippen LogP contribution in [0.4, 0.5) is 0 Å². The van der Waals surface area contributed by atoms with Crippen LogP contribution < -0.4 is 0 Å². The van der Waals surface area contributed by atoms with Crippen molar-refractivity contribution in [2.45, 2.75) is 0 Å². The third kappa shape index (κ3) is 2.44. The molecule has 0 aliphatic carbocycles. The first-order valence-corrected chi connectivity index (χ1v) is 6.98. The molecule has 7 heteroatoms. The van der Waals surface area contributed by atoms with Gasteiger partial charge in [-0.25, -0.2) is 14.3 Å². The molecule has 0 amide bonds. The lowest BCUT2D eigenvalue weighted by Crippen LogP contribution is -2.01. The predicted molar refractivity (Wildman–Crippen MR) is 83.4 cm³/mol. The lowest BCUT2D eigenvalue weighted by molar-refractivity contribution is 0.452. The van der Waals surface area contributed by atoms with Crippen LogP contribution in [0.5, 0.6) is 5.88 Å². The van der Waals surface area contributed by atoms with E-state index in [0.29, 0.717) is 11.5 Å². The van der Waals surface area contributed by atoms with Gasteiger partial charge in [-0.2, -0.15) is 15.2 Å². The molecule has 23 heavy (non-hydrogen) atoms. The summed E-state index contributed by atoms with van der Waals surface area (Å²) in [5.74, 6) is 0.199. The molecule has 4 aromatic rings. The first kappa shape index (κ1) is 13.2. The molecule has 3 aromatic heterocycles. The lowest BCUT2D eigenvalue weighted by atomic mass is 10.2. The van der Waals surface area contributed by atoms with Crippen molar-refractivity contribution in [2.75, 3.05) is 0 Å². The highest BCUT2D eigenvalue weighted by molar-refractivity contribution is 5.66. The van der Waals surface area contributed by atoms with Gasteiger partial charge in [0.2, 0.25) is 5.88 Å². The molecule has 1 aromatic carbocycles. The number of nitrogens with zero attached hydrogens (tertiary/aromatic N) is 6. The number of rotatable bonds is 3. The van der Waals surface area contributed by atoms with Crippen LogP contribution in [0.15, 0.2) is 67.4 Å². The fraction of sp³-hybridized carbons (Fsp3) is 0. The van der Waals surface area contributed by atoms with Crippen molar-refractivity contribution in [1.29, 1.82) is 0 Å². The van der Waals surface area contributed by atoms with Gasteiger partial charge in [-0.15, -0.1) is 0 Å². The summed E-state index contributed by atoms with van der Waals surface area (Å²) < 4.78 is 3.22. The number of aromatic hydroxyl groups is 1. The third-order valence-electron chi connectivity index (χ3n) is 3.38. The monoisotopic (exact) mass is 304 g/mol. The molecule has 0 radical (unpaired) electrons. The summed E-state index contributed by atoms with van der Waals surface area (Å²) in [5, 5.41) is 18.5.